The molecular formula is C17H20ClN5O. The Kier molecular flexibility index (Phi) is 5.25. The van der Waals surface area contributed by atoms with Crippen LogP contribution in [0.4, 0.5) is 5.95 Å². The molecule has 0 saturated carbocycles. The molecule has 24 heavy (non-hydrogen) atoms. The molecule has 126 valence electrons. The van der Waals surface area contributed by atoms with Gasteiger partial charge in [0.25, 0.3) is 5.91 Å². The first-order chi connectivity index (χ1) is 11.6. The summed E-state index contributed by atoms with van der Waals surface area (Å²) in [4.78, 5) is 27.6. The predicted octanol–water partition coefficient (Wildman–Crippen LogP) is 3.01. The van der Waals surface area contributed by atoms with E-state index < -0.39 is 0 Å². The third kappa shape index (κ3) is 3.82. The molecule has 3 rings (SSSR count). The fourth-order valence-electron chi connectivity index (χ4n) is 2.73. The van der Waals surface area contributed by atoms with Gasteiger partial charge in [-0.1, -0.05) is 17.7 Å². The van der Waals surface area contributed by atoms with E-state index in [1.54, 1.807) is 6.20 Å². The topological polar surface area (TPSA) is 71.0 Å². The van der Waals surface area contributed by atoms with Crippen molar-refractivity contribution in [1.29, 1.82) is 0 Å². The Morgan fingerprint density at radius 1 is 1.25 bits per heavy atom. The van der Waals surface area contributed by atoms with Gasteiger partial charge in [-0.05, 0) is 38.3 Å². The summed E-state index contributed by atoms with van der Waals surface area (Å²) in [5.74, 6) is 0.244. The van der Waals surface area contributed by atoms with Gasteiger partial charge in [0.15, 0.2) is 5.69 Å². The van der Waals surface area contributed by atoms with Gasteiger partial charge in [0.2, 0.25) is 5.95 Å². The van der Waals surface area contributed by atoms with Crippen LogP contribution in [0.25, 0.3) is 0 Å². The van der Waals surface area contributed by atoms with Crippen LogP contribution in [0.2, 0.25) is 5.02 Å². The lowest BCUT2D eigenvalue weighted by Crippen LogP contribution is -2.33. The van der Waals surface area contributed by atoms with Crippen LogP contribution >= 0.6 is 11.6 Å². The highest BCUT2D eigenvalue weighted by Crippen LogP contribution is 2.20. The highest BCUT2D eigenvalue weighted by molar-refractivity contribution is 6.33. The standard InChI is InChI=1S/C17H20ClN5O/c1-12(14-7-3-4-8-19-14)21-16(24)15-13(18)11-20-17(22-15)23-9-5-2-6-10-23/h3-4,7-8,11-12H,2,5-6,9-10H2,1H3,(H,21,24)/t12-/m1/s1. The fraction of sp³-hybridized carbons (Fsp3) is 0.412. The van der Waals surface area contributed by atoms with Crippen molar-refractivity contribution in [3.05, 3.63) is 47.0 Å². The van der Waals surface area contributed by atoms with Gasteiger partial charge in [0.1, 0.15) is 0 Å². The van der Waals surface area contributed by atoms with Crippen molar-refractivity contribution in [3.63, 3.8) is 0 Å². The van der Waals surface area contributed by atoms with Crippen molar-refractivity contribution in [3.8, 4) is 0 Å². The highest BCUT2D eigenvalue weighted by atomic mass is 35.5. The van der Waals surface area contributed by atoms with Gasteiger partial charge < -0.3 is 10.2 Å². The van der Waals surface area contributed by atoms with Crippen LogP contribution in [0, 0.1) is 0 Å². The van der Waals surface area contributed by atoms with Gasteiger partial charge in [-0.2, -0.15) is 0 Å². The zero-order valence-corrected chi connectivity index (χ0v) is 14.3. The van der Waals surface area contributed by atoms with E-state index in [1.807, 2.05) is 25.1 Å². The zero-order valence-electron chi connectivity index (χ0n) is 13.6. The second-order valence-corrected chi connectivity index (χ2v) is 6.27. The third-order valence-corrected chi connectivity index (χ3v) is 4.34. The van der Waals surface area contributed by atoms with Gasteiger partial charge in [0.05, 0.1) is 23.0 Å². The molecule has 1 fully saturated rings. The van der Waals surface area contributed by atoms with E-state index in [1.165, 1.54) is 12.6 Å². The molecule has 1 aliphatic heterocycles. The van der Waals surface area contributed by atoms with Crippen LogP contribution < -0.4 is 10.2 Å². The van der Waals surface area contributed by atoms with Gasteiger partial charge in [-0.25, -0.2) is 9.97 Å². The molecule has 0 aromatic carbocycles. The van der Waals surface area contributed by atoms with Crippen LogP contribution in [-0.4, -0.2) is 33.9 Å². The van der Waals surface area contributed by atoms with Crippen molar-refractivity contribution >= 4 is 23.5 Å². The summed E-state index contributed by atoms with van der Waals surface area (Å²) in [5, 5.41) is 3.14. The van der Waals surface area contributed by atoms with Crippen LogP contribution in [0.1, 0.15) is 48.4 Å². The highest BCUT2D eigenvalue weighted by Gasteiger charge is 2.20. The van der Waals surface area contributed by atoms with Crippen molar-refractivity contribution in [1.82, 2.24) is 20.3 Å². The number of nitrogens with zero attached hydrogens (tertiary/aromatic N) is 4. The number of piperidine rings is 1. The molecule has 2 aromatic heterocycles. The monoisotopic (exact) mass is 345 g/mol. The number of halogens is 1. The molecule has 2 aromatic rings. The molecule has 0 spiro atoms. The Morgan fingerprint density at radius 2 is 2.04 bits per heavy atom. The maximum Gasteiger partial charge on any atom is 0.272 e. The van der Waals surface area contributed by atoms with Gasteiger partial charge in [-0.15, -0.1) is 0 Å². The average molecular weight is 346 g/mol. The molecule has 0 bridgehead atoms. The van der Waals surface area contributed by atoms with Crippen LogP contribution in [0.15, 0.2) is 30.6 Å². The average Bonchev–Trinajstić information content (AvgIpc) is 2.63. The predicted molar refractivity (Wildman–Crippen MR) is 93.2 cm³/mol. The summed E-state index contributed by atoms with van der Waals surface area (Å²) in [6, 6.07) is 5.36. The van der Waals surface area contributed by atoms with E-state index in [0.717, 1.165) is 31.6 Å². The van der Waals surface area contributed by atoms with E-state index in [0.29, 0.717) is 5.95 Å². The van der Waals surface area contributed by atoms with Gasteiger partial charge >= 0.3 is 0 Å². The number of carbonyl (C=O) groups is 1. The minimum Gasteiger partial charge on any atom is -0.343 e. The lowest BCUT2D eigenvalue weighted by atomic mass is 10.1. The van der Waals surface area contributed by atoms with E-state index >= 15 is 0 Å². The fourth-order valence-corrected chi connectivity index (χ4v) is 2.91. The molecule has 3 heterocycles. The van der Waals surface area contributed by atoms with E-state index in [9.17, 15) is 4.79 Å². The van der Waals surface area contributed by atoms with Crippen molar-refractivity contribution in [2.24, 2.45) is 0 Å². The molecular weight excluding hydrogens is 326 g/mol. The van der Waals surface area contributed by atoms with Crippen molar-refractivity contribution < 1.29 is 4.79 Å². The SMILES string of the molecule is C[C@@H](NC(=O)c1nc(N2CCCCC2)ncc1Cl)c1ccccn1. The maximum atomic E-state index is 12.6. The molecule has 1 atom stereocenters. The zero-order chi connectivity index (χ0) is 16.9. The number of aromatic nitrogens is 3. The second kappa shape index (κ2) is 7.57. The summed E-state index contributed by atoms with van der Waals surface area (Å²) in [6.07, 6.45) is 6.65. The Hall–Kier alpha value is -2.21. The minimum absolute atomic E-state index is 0.204. The number of amides is 1. The summed E-state index contributed by atoms with van der Waals surface area (Å²) in [6.45, 7) is 3.70. The molecule has 7 heteroatoms. The molecule has 1 aliphatic rings. The van der Waals surface area contributed by atoms with E-state index in [2.05, 4.69) is 25.2 Å². The summed E-state index contributed by atoms with van der Waals surface area (Å²) >= 11 is 6.14. The minimum atomic E-state index is -0.321. The Labute approximate surface area is 146 Å². The Morgan fingerprint density at radius 3 is 2.75 bits per heavy atom. The quantitative estimate of drug-likeness (QED) is 0.922. The second-order valence-electron chi connectivity index (χ2n) is 5.86. The first kappa shape index (κ1) is 16.6. The number of hydrogen-bond acceptors (Lipinski definition) is 5. The summed E-state index contributed by atoms with van der Waals surface area (Å²) in [7, 11) is 0. The number of carbonyl (C=O) groups excluding carboxylic acids is 1. The van der Waals surface area contributed by atoms with Crippen LogP contribution in [-0.2, 0) is 0 Å². The first-order valence-electron chi connectivity index (χ1n) is 8.14. The molecule has 1 amide bonds. The van der Waals surface area contributed by atoms with Crippen molar-refractivity contribution in [2.75, 3.05) is 18.0 Å². The smallest absolute Gasteiger partial charge is 0.272 e. The number of pyridine rings is 1. The molecule has 6 nitrogen and oxygen atoms in total. The largest absolute Gasteiger partial charge is 0.343 e. The maximum absolute atomic E-state index is 12.6. The lowest BCUT2D eigenvalue weighted by Gasteiger charge is -2.26. The van der Waals surface area contributed by atoms with E-state index in [-0.39, 0.29) is 22.7 Å². The van der Waals surface area contributed by atoms with E-state index in [4.69, 9.17) is 11.6 Å². The molecule has 0 radical (unpaired) electrons. The molecule has 1 N–H and O–H groups in total. The normalized spacial score (nSPS) is 15.8. The Balaban J connectivity index is 1.76. The molecule has 1 saturated heterocycles. The Bertz CT molecular complexity index is 703. The summed E-state index contributed by atoms with van der Waals surface area (Å²) in [5.41, 5.74) is 0.988. The number of rotatable bonds is 4. The van der Waals surface area contributed by atoms with Gasteiger partial charge in [-0.3, -0.25) is 9.78 Å². The van der Waals surface area contributed by atoms with Crippen molar-refractivity contribution in [2.45, 2.75) is 32.2 Å². The number of nitrogens with one attached hydrogen (secondary N) is 1. The summed E-state index contributed by atoms with van der Waals surface area (Å²) < 4.78 is 0. The van der Waals surface area contributed by atoms with Crippen LogP contribution in [0.3, 0.4) is 0 Å². The molecule has 0 unspecified atom stereocenters. The third-order valence-electron chi connectivity index (χ3n) is 4.06. The van der Waals surface area contributed by atoms with Gasteiger partial charge in [0, 0.05) is 19.3 Å². The lowest BCUT2D eigenvalue weighted by molar-refractivity contribution is 0.0934. The van der Waals surface area contributed by atoms with Crippen LogP contribution in [0.5, 0.6) is 0 Å². The first-order valence-corrected chi connectivity index (χ1v) is 8.52. The number of hydrogen-bond donors (Lipinski definition) is 1. The molecule has 0 aliphatic carbocycles. The number of anilines is 1.